The number of fused-ring (bicyclic) bond motifs is 1. The van der Waals surface area contributed by atoms with Gasteiger partial charge in [0.1, 0.15) is 0 Å². The summed E-state index contributed by atoms with van der Waals surface area (Å²) in [4.78, 5) is 2.49. The molecule has 110 valence electrons. The van der Waals surface area contributed by atoms with Crippen LogP contribution in [-0.2, 0) is 5.41 Å². The summed E-state index contributed by atoms with van der Waals surface area (Å²) in [5.74, 6) is 2.48. The lowest BCUT2D eigenvalue weighted by Crippen LogP contribution is -2.37. The van der Waals surface area contributed by atoms with Gasteiger partial charge in [0.15, 0.2) is 11.5 Å². The van der Waals surface area contributed by atoms with Crippen molar-refractivity contribution < 1.29 is 9.47 Å². The minimum absolute atomic E-state index is 0.326. The van der Waals surface area contributed by atoms with Crippen LogP contribution in [0.4, 0.5) is 0 Å². The third-order valence-corrected chi connectivity index (χ3v) is 5.25. The third kappa shape index (κ3) is 2.08. The Morgan fingerprint density at radius 2 is 1.95 bits per heavy atom. The average molecular weight is 275 g/mol. The molecule has 0 N–H and O–H groups in total. The topological polar surface area (TPSA) is 21.7 Å². The standard InChI is InChI=1S/C17H25NO2/c1-18-11-14-6-4-5-9-17(14,12-18)13-7-8-15(19-2)16(10-13)20-3/h7-8,10,14H,4-6,9,11-12H2,1-3H3/t14?,17-/m0/s1. The fraction of sp³-hybridized carbons (Fsp3) is 0.647. The van der Waals surface area contributed by atoms with Crippen LogP contribution in [0.3, 0.4) is 0 Å². The van der Waals surface area contributed by atoms with E-state index in [1.54, 1.807) is 14.2 Å². The molecule has 2 fully saturated rings. The quantitative estimate of drug-likeness (QED) is 0.846. The number of nitrogens with zero attached hydrogens (tertiary/aromatic N) is 1. The molecule has 0 spiro atoms. The molecule has 0 radical (unpaired) electrons. The summed E-state index contributed by atoms with van der Waals surface area (Å²) in [6, 6.07) is 6.52. The molecule has 1 unspecified atom stereocenters. The van der Waals surface area contributed by atoms with Crippen molar-refractivity contribution in [1.29, 1.82) is 0 Å². The molecule has 1 aromatic rings. The lowest BCUT2D eigenvalue weighted by Gasteiger charge is -2.39. The lowest BCUT2D eigenvalue weighted by molar-refractivity contribution is 0.240. The highest BCUT2D eigenvalue weighted by molar-refractivity contribution is 5.46. The highest BCUT2D eigenvalue weighted by atomic mass is 16.5. The molecule has 0 amide bonds. The second kappa shape index (κ2) is 5.28. The molecule has 0 bridgehead atoms. The summed E-state index contributed by atoms with van der Waals surface area (Å²) in [6.07, 6.45) is 5.39. The van der Waals surface area contributed by atoms with Crippen LogP contribution < -0.4 is 9.47 Å². The summed E-state index contributed by atoms with van der Waals surface area (Å²) in [6.45, 7) is 2.40. The summed E-state index contributed by atoms with van der Waals surface area (Å²) < 4.78 is 10.9. The van der Waals surface area contributed by atoms with Gasteiger partial charge in [0.05, 0.1) is 14.2 Å². The molecule has 2 aliphatic rings. The maximum absolute atomic E-state index is 5.50. The van der Waals surface area contributed by atoms with Gasteiger partial charge in [0.25, 0.3) is 0 Å². The first-order chi connectivity index (χ1) is 9.69. The molecule has 20 heavy (non-hydrogen) atoms. The monoisotopic (exact) mass is 275 g/mol. The van der Waals surface area contributed by atoms with Gasteiger partial charge in [-0.25, -0.2) is 0 Å². The van der Waals surface area contributed by atoms with E-state index in [0.29, 0.717) is 5.41 Å². The zero-order valence-corrected chi connectivity index (χ0v) is 12.8. The van der Waals surface area contributed by atoms with Crippen molar-refractivity contribution in [2.45, 2.75) is 31.1 Å². The van der Waals surface area contributed by atoms with Crippen molar-refractivity contribution in [1.82, 2.24) is 4.90 Å². The predicted octanol–water partition coefficient (Wildman–Crippen LogP) is 3.08. The Morgan fingerprint density at radius 1 is 1.15 bits per heavy atom. The van der Waals surface area contributed by atoms with E-state index in [-0.39, 0.29) is 0 Å². The zero-order chi connectivity index (χ0) is 14.2. The van der Waals surface area contributed by atoms with E-state index in [4.69, 9.17) is 9.47 Å². The van der Waals surface area contributed by atoms with Crippen LogP contribution >= 0.6 is 0 Å². The van der Waals surface area contributed by atoms with Gasteiger partial charge in [-0.15, -0.1) is 0 Å². The van der Waals surface area contributed by atoms with Crippen LogP contribution in [-0.4, -0.2) is 39.3 Å². The van der Waals surface area contributed by atoms with Crippen LogP contribution in [0.15, 0.2) is 18.2 Å². The van der Waals surface area contributed by atoms with E-state index in [1.807, 2.05) is 0 Å². The number of hydrogen-bond acceptors (Lipinski definition) is 3. The van der Waals surface area contributed by atoms with Gasteiger partial charge in [0.2, 0.25) is 0 Å². The highest BCUT2D eigenvalue weighted by Gasteiger charge is 2.47. The molecule has 3 rings (SSSR count). The second-order valence-corrected chi connectivity index (χ2v) is 6.37. The van der Waals surface area contributed by atoms with Crippen molar-refractivity contribution in [3.63, 3.8) is 0 Å². The maximum atomic E-state index is 5.50. The molecule has 1 aliphatic carbocycles. The zero-order valence-electron chi connectivity index (χ0n) is 12.8. The lowest BCUT2D eigenvalue weighted by atomic mass is 9.64. The molecule has 1 heterocycles. The Kier molecular flexibility index (Phi) is 3.63. The number of rotatable bonds is 3. The summed E-state index contributed by atoms with van der Waals surface area (Å²) in [5.41, 5.74) is 1.76. The van der Waals surface area contributed by atoms with E-state index in [1.165, 1.54) is 44.3 Å². The summed E-state index contributed by atoms with van der Waals surface area (Å²) in [5, 5.41) is 0. The number of hydrogen-bond donors (Lipinski definition) is 0. The van der Waals surface area contributed by atoms with E-state index < -0.39 is 0 Å². The Hall–Kier alpha value is -1.22. The van der Waals surface area contributed by atoms with Gasteiger partial charge in [-0.05, 0) is 43.5 Å². The molecule has 2 atom stereocenters. The molecular weight excluding hydrogens is 250 g/mol. The van der Waals surface area contributed by atoms with Gasteiger partial charge < -0.3 is 14.4 Å². The number of likely N-dealkylation sites (tertiary alicyclic amines) is 1. The molecule has 3 heteroatoms. The molecular formula is C17H25NO2. The van der Waals surface area contributed by atoms with Gasteiger partial charge >= 0.3 is 0 Å². The minimum atomic E-state index is 0.326. The molecule has 1 aromatic carbocycles. The van der Waals surface area contributed by atoms with Gasteiger partial charge in [-0.2, -0.15) is 0 Å². The van der Waals surface area contributed by atoms with Crippen molar-refractivity contribution in [2.24, 2.45) is 5.92 Å². The Labute approximate surface area is 121 Å². The maximum Gasteiger partial charge on any atom is 0.161 e. The van der Waals surface area contributed by atoms with E-state index in [2.05, 4.69) is 30.1 Å². The van der Waals surface area contributed by atoms with E-state index >= 15 is 0 Å². The Balaban J connectivity index is 2.01. The number of benzene rings is 1. The Morgan fingerprint density at radius 3 is 2.70 bits per heavy atom. The molecule has 1 saturated heterocycles. The van der Waals surface area contributed by atoms with Crippen molar-refractivity contribution in [3.8, 4) is 11.5 Å². The van der Waals surface area contributed by atoms with Gasteiger partial charge in [-0.3, -0.25) is 0 Å². The fourth-order valence-electron chi connectivity index (χ4n) is 4.33. The fourth-order valence-corrected chi connectivity index (χ4v) is 4.33. The van der Waals surface area contributed by atoms with Crippen LogP contribution in [0, 0.1) is 5.92 Å². The van der Waals surface area contributed by atoms with Crippen LogP contribution in [0.2, 0.25) is 0 Å². The first-order valence-corrected chi connectivity index (χ1v) is 7.60. The average Bonchev–Trinajstić information content (AvgIpc) is 2.83. The van der Waals surface area contributed by atoms with Crippen LogP contribution in [0.1, 0.15) is 31.2 Å². The first-order valence-electron chi connectivity index (χ1n) is 7.60. The molecule has 1 saturated carbocycles. The predicted molar refractivity (Wildman–Crippen MR) is 80.7 cm³/mol. The number of methoxy groups -OCH3 is 2. The molecule has 0 aromatic heterocycles. The highest BCUT2D eigenvalue weighted by Crippen LogP contribution is 2.49. The first kappa shape index (κ1) is 13.7. The van der Waals surface area contributed by atoms with E-state index in [9.17, 15) is 0 Å². The summed E-state index contributed by atoms with van der Waals surface area (Å²) >= 11 is 0. The molecule has 1 aliphatic heterocycles. The van der Waals surface area contributed by atoms with Crippen LogP contribution in [0.5, 0.6) is 11.5 Å². The third-order valence-electron chi connectivity index (χ3n) is 5.25. The van der Waals surface area contributed by atoms with E-state index in [0.717, 1.165) is 17.4 Å². The van der Waals surface area contributed by atoms with Crippen molar-refractivity contribution >= 4 is 0 Å². The second-order valence-electron chi connectivity index (χ2n) is 6.37. The minimum Gasteiger partial charge on any atom is -0.493 e. The smallest absolute Gasteiger partial charge is 0.161 e. The number of likely N-dealkylation sites (N-methyl/N-ethyl adjacent to an activating group) is 1. The number of ether oxygens (including phenoxy) is 2. The van der Waals surface area contributed by atoms with Crippen LogP contribution in [0.25, 0.3) is 0 Å². The summed E-state index contributed by atoms with van der Waals surface area (Å²) in [7, 11) is 5.67. The van der Waals surface area contributed by atoms with Crippen molar-refractivity contribution in [3.05, 3.63) is 23.8 Å². The largest absolute Gasteiger partial charge is 0.493 e. The SMILES string of the molecule is COc1ccc([C@@]23CCCCC2CN(C)C3)cc1OC. The Bertz CT molecular complexity index is 488. The van der Waals surface area contributed by atoms with Crippen molar-refractivity contribution in [2.75, 3.05) is 34.4 Å². The normalized spacial score (nSPS) is 30.1. The molecule has 3 nitrogen and oxygen atoms in total. The van der Waals surface area contributed by atoms with Gasteiger partial charge in [0, 0.05) is 18.5 Å². The van der Waals surface area contributed by atoms with Gasteiger partial charge in [-0.1, -0.05) is 18.9 Å².